The van der Waals surface area contributed by atoms with Gasteiger partial charge in [0.25, 0.3) is 5.91 Å². The Hall–Kier alpha value is -3.59. The first-order valence-electron chi connectivity index (χ1n) is 9.37. The molecule has 1 N–H and O–H groups in total. The van der Waals surface area contributed by atoms with Gasteiger partial charge < -0.3 is 24.3 Å². The summed E-state index contributed by atoms with van der Waals surface area (Å²) in [6, 6.07) is 8.63. The molecule has 2 heterocycles. The van der Waals surface area contributed by atoms with E-state index in [0.29, 0.717) is 49.8 Å². The van der Waals surface area contributed by atoms with Gasteiger partial charge in [-0.3, -0.25) is 9.59 Å². The lowest BCUT2D eigenvalue weighted by Crippen LogP contribution is -2.14. The number of ketones is 1. The zero-order valence-corrected chi connectivity index (χ0v) is 18.2. The van der Waals surface area contributed by atoms with Crippen molar-refractivity contribution in [3.05, 3.63) is 46.5 Å². The van der Waals surface area contributed by atoms with Crippen LogP contribution in [0.2, 0.25) is 0 Å². The topological polar surface area (TPSA) is 96.0 Å². The van der Waals surface area contributed by atoms with Gasteiger partial charge in [0, 0.05) is 17.2 Å². The third kappa shape index (κ3) is 3.91. The minimum Gasteiger partial charge on any atom is -0.493 e. The summed E-state index contributed by atoms with van der Waals surface area (Å²) in [6.45, 7) is 3.27. The van der Waals surface area contributed by atoms with Crippen molar-refractivity contribution in [2.75, 3.05) is 26.3 Å². The van der Waals surface area contributed by atoms with E-state index in [1.165, 1.54) is 18.3 Å². The molecule has 0 radical (unpaired) electrons. The van der Waals surface area contributed by atoms with Crippen LogP contribution in [0.15, 0.2) is 30.3 Å². The van der Waals surface area contributed by atoms with Crippen LogP contribution in [0.3, 0.4) is 0 Å². The fourth-order valence-corrected chi connectivity index (χ4v) is 4.17. The van der Waals surface area contributed by atoms with Crippen molar-refractivity contribution in [1.29, 1.82) is 0 Å². The number of fused-ring (bicyclic) bond motifs is 1. The molecule has 0 unspecified atom stereocenters. The first-order chi connectivity index (χ1) is 14.9. The van der Waals surface area contributed by atoms with Crippen LogP contribution in [0.25, 0.3) is 10.6 Å². The highest BCUT2D eigenvalue weighted by Crippen LogP contribution is 2.38. The number of thiazole rings is 1. The van der Waals surface area contributed by atoms with Gasteiger partial charge in [-0.1, -0.05) is 0 Å². The molecule has 1 aromatic heterocycles. The summed E-state index contributed by atoms with van der Waals surface area (Å²) in [4.78, 5) is 30.1. The molecule has 1 amide bonds. The molecule has 160 valence electrons. The Labute approximate surface area is 182 Å². The third-order valence-corrected chi connectivity index (χ3v) is 5.98. The second-order valence-electron chi connectivity index (χ2n) is 6.76. The van der Waals surface area contributed by atoms with Gasteiger partial charge in [0.15, 0.2) is 28.8 Å². The Morgan fingerprint density at radius 3 is 2.45 bits per heavy atom. The van der Waals surface area contributed by atoms with Crippen LogP contribution in [-0.4, -0.2) is 37.7 Å². The number of nitrogens with zero attached hydrogens (tertiary/aromatic N) is 1. The molecule has 0 bridgehead atoms. The molecular weight excluding hydrogens is 420 g/mol. The summed E-state index contributed by atoms with van der Waals surface area (Å²) in [5.41, 5.74) is 2.09. The van der Waals surface area contributed by atoms with Gasteiger partial charge >= 0.3 is 0 Å². The molecule has 4 rings (SSSR count). The Kier molecular flexibility index (Phi) is 5.51. The van der Waals surface area contributed by atoms with Crippen LogP contribution in [0.1, 0.15) is 32.6 Å². The van der Waals surface area contributed by atoms with E-state index in [-0.39, 0.29) is 18.5 Å². The molecule has 3 aromatic rings. The van der Waals surface area contributed by atoms with Gasteiger partial charge in [-0.2, -0.15) is 0 Å². The summed E-state index contributed by atoms with van der Waals surface area (Å²) in [6.07, 6.45) is 0. The zero-order valence-electron chi connectivity index (χ0n) is 17.4. The van der Waals surface area contributed by atoms with Gasteiger partial charge in [-0.05, 0) is 38.1 Å². The Morgan fingerprint density at radius 1 is 1.06 bits per heavy atom. The fourth-order valence-electron chi connectivity index (χ4n) is 3.22. The van der Waals surface area contributed by atoms with E-state index in [9.17, 15) is 9.59 Å². The highest BCUT2D eigenvalue weighted by atomic mass is 32.1. The second kappa shape index (κ2) is 8.27. The maximum Gasteiger partial charge on any atom is 0.267 e. The smallest absolute Gasteiger partial charge is 0.267 e. The number of carbonyl (C=O) groups is 2. The number of hydrogen-bond acceptors (Lipinski definition) is 8. The molecule has 8 nitrogen and oxygen atoms in total. The van der Waals surface area contributed by atoms with Crippen LogP contribution in [0, 0.1) is 6.92 Å². The summed E-state index contributed by atoms with van der Waals surface area (Å²) in [5, 5.41) is 3.48. The SMILES string of the molecule is COc1ccc(-c2nc(C)c(C(=O)Nc3cc4c(cc3C(C)=O)OCO4)s2)cc1OC. The number of aromatic nitrogens is 1. The first-order valence-corrected chi connectivity index (χ1v) is 10.2. The fraction of sp³-hybridized carbons (Fsp3) is 0.227. The number of hydrogen-bond donors (Lipinski definition) is 1. The van der Waals surface area contributed by atoms with E-state index in [1.807, 2.05) is 12.1 Å². The van der Waals surface area contributed by atoms with Gasteiger partial charge in [-0.25, -0.2) is 4.98 Å². The normalized spacial score (nSPS) is 11.9. The summed E-state index contributed by atoms with van der Waals surface area (Å²) in [5.74, 6) is 1.59. The maximum atomic E-state index is 13.0. The number of nitrogens with one attached hydrogen (secondary N) is 1. The van der Waals surface area contributed by atoms with Crippen LogP contribution < -0.4 is 24.3 Å². The monoisotopic (exact) mass is 440 g/mol. The second-order valence-corrected chi connectivity index (χ2v) is 7.76. The standard InChI is InChI=1S/C22H20N2O6S/c1-11-20(31-22(23-11)13-5-6-16(27-3)17(7-13)28-4)21(26)24-15-9-19-18(29-10-30-19)8-14(15)12(2)25/h5-9H,10H2,1-4H3,(H,24,26). The lowest BCUT2D eigenvalue weighted by molar-refractivity contribution is 0.101. The lowest BCUT2D eigenvalue weighted by Gasteiger charge is -2.10. The number of amides is 1. The van der Waals surface area contributed by atoms with Crippen LogP contribution >= 0.6 is 11.3 Å². The van der Waals surface area contributed by atoms with E-state index in [1.54, 1.807) is 39.3 Å². The number of aryl methyl sites for hydroxylation is 1. The molecule has 31 heavy (non-hydrogen) atoms. The summed E-state index contributed by atoms with van der Waals surface area (Å²) < 4.78 is 21.3. The molecule has 0 atom stereocenters. The minimum atomic E-state index is -0.358. The number of anilines is 1. The number of Topliss-reactive ketones (excluding diaryl/α,β-unsaturated/α-hetero) is 1. The number of ether oxygens (including phenoxy) is 4. The minimum absolute atomic E-state index is 0.0761. The Bertz CT molecular complexity index is 1190. The molecule has 9 heteroatoms. The van der Waals surface area contributed by atoms with Crippen molar-refractivity contribution in [2.24, 2.45) is 0 Å². The van der Waals surface area contributed by atoms with E-state index in [2.05, 4.69) is 10.3 Å². The molecule has 0 saturated carbocycles. The number of rotatable bonds is 6. The maximum absolute atomic E-state index is 13.0. The van der Waals surface area contributed by atoms with Crippen molar-refractivity contribution in [1.82, 2.24) is 4.98 Å². The summed E-state index contributed by atoms with van der Waals surface area (Å²) >= 11 is 1.25. The molecule has 1 aliphatic heterocycles. The van der Waals surface area contributed by atoms with Crippen molar-refractivity contribution >= 4 is 28.7 Å². The Morgan fingerprint density at radius 2 is 1.77 bits per heavy atom. The summed E-state index contributed by atoms with van der Waals surface area (Å²) in [7, 11) is 3.13. The van der Waals surface area contributed by atoms with Gasteiger partial charge in [0.2, 0.25) is 6.79 Å². The van der Waals surface area contributed by atoms with Gasteiger partial charge in [0.05, 0.1) is 25.6 Å². The first kappa shape index (κ1) is 20.7. The van der Waals surface area contributed by atoms with E-state index < -0.39 is 0 Å². The van der Waals surface area contributed by atoms with Crippen LogP contribution in [0.5, 0.6) is 23.0 Å². The van der Waals surface area contributed by atoms with Crippen molar-refractivity contribution in [3.63, 3.8) is 0 Å². The lowest BCUT2D eigenvalue weighted by atomic mass is 10.1. The average molecular weight is 440 g/mol. The highest BCUT2D eigenvalue weighted by Gasteiger charge is 2.23. The predicted molar refractivity (Wildman–Crippen MR) is 116 cm³/mol. The number of carbonyl (C=O) groups excluding carboxylic acids is 2. The van der Waals surface area contributed by atoms with E-state index in [0.717, 1.165) is 5.56 Å². The van der Waals surface area contributed by atoms with Crippen molar-refractivity contribution < 1.29 is 28.5 Å². The van der Waals surface area contributed by atoms with Crippen LogP contribution in [0.4, 0.5) is 5.69 Å². The van der Waals surface area contributed by atoms with Gasteiger partial charge in [-0.15, -0.1) is 11.3 Å². The number of benzene rings is 2. The predicted octanol–water partition coefficient (Wildman–Crippen LogP) is 4.32. The molecule has 0 spiro atoms. The quantitative estimate of drug-likeness (QED) is 0.570. The van der Waals surface area contributed by atoms with E-state index in [4.69, 9.17) is 18.9 Å². The molecule has 0 saturated heterocycles. The zero-order chi connectivity index (χ0) is 22.1. The number of methoxy groups -OCH3 is 2. The van der Waals surface area contributed by atoms with Crippen LogP contribution in [-0.2, 0) is 0 Å². The average Bonchev–Trinajstić information content (AvgIpc) is 3.38. The molecular formula is C22H20N2O6S. The van der Waals surface area contributed by atoms with Crippen molar-refractivity contribution in [3.8, 4) is 33.6 Å². The van der Waals surface area contributed by atoms with Crippen molar-refractivity contribution in [2.45, 2.75) is 13.8 Å². The molecule has 1 aliphatic rings. The molecule has 2 aromatic carbocycles. The van der Waals surface area contributed by atoms with Gasteiger partial charge in [0.1, 0.15) is 9.88 Å². The highest BCUT2D eigenvalue weighted by molar-refractivity contribution is 7.17. The third-order valence-electron chi connectivity index (χ3n) is 4.77. The molecule has 0 fully saturated rings. The molecule has 0 aliphatic carbocycles. The largest absolute Gasteiger partial charge is 0.493 e. The Balaban J connectivity index is 1.64. The van der Waals surface area contributed by atoms with E-state index >= 15 is 0 Å².